The highest BCUT2D eigenvalue weighted by Crippen LogP contribution is 2.27. The second-order valence-electron chi connectivity index (χ2n) is 5.08. The van der Waals surface area contributed by atoms with Crippen LogP contribution in [0.25, 0.3) is 10.4 Å². The summed E-state index contributed by atoms with van der Waals surface area (Å²) in [4.78, 5) is 12.0. The van der Waals surface area contributed by atoms with Crippen LogP contribution in [0.5, 0.6) is 0 Å². The molecule has 0 aliphatic rings. The largest absolute Gasteiger partial charge is 0.488 e. The lowest BCUT2D eigenvalue weighted by atomic mass is 9.80. The van der Waals surface area contributed by atoms with Gasteiger partial charge in [-0.15, -0.1) is 11.3 Å². The fraction of sp³-hybridized carbons (Fsp3) is 0.0556. The van der Waals surface area contributed by atoms with E-state index in [1.165, 1.54) is 23.5 Å². The molecule has 2 aromatic carbocycles. The first-order valence-electron chi connectivity index (χ1n) is 7.48. The van der Waals surface area contributed by atoms with Gasteiger partial charge in [0, 0.05) is 17.6 Å². The van der Waals surface area contributed by atoms with Crippen molar-refractivity contribution in [2.24, 2.45) is 0 Å². The van der Waals surface area contributed by atoms with E-state index in [2.05, 4.69) is 5.32 Å². The van der Waals surface area contributed by atoms with E-state index in [4.69, 9.17) is 10.0 Å². The van der Waals surface area contributed by atoms with E-state index < -0.39 is 7.12 Å². The number of rotatable bonds is 4. The molecule has 25 heavy (non-hydrogen) atoms. The summed E-state index contributed by atoms with van der Waals surface area (Å²) >= 11 is 1.36. The molecule has 0 fully saturated rings. The van der Waals surface area contributed by atoms with Crippen LogP contribution < -0.4 is 10.8 Å². The first-order valence-corrected chi connectivity index (χ1v) is 8.30. The summed E-state index contributed by atoms with van der Waals surface area (Å²) < 4.78 is 12.9. The highest BCUT2D eigenvalue weighted by atomic mass is 32.1. The number of carbonyl (C=O) groups is 1. The Balaban J connectivity index is 0.000000186. The summed E-state index contributed by atoms with van der Waals surface area (Å²) in [7, 11) is 0.395. The van der Waals surface area contributed by atoms with Crippen molar-refractivity contribution in [3.8, 4) is 10.4 Å². The summed E-state index contributed by atoms with van der Waals surface area (Å²) in [5.74, 6) is -0.261. The smallest absolute Gasteiger partial charge is 0.423 e. The van der Waals surface area contributed by atoms with Crippen LogP contribution in [0.1, 0.15) is 9.67 Å². The summed E-state index contributed by atoms with van der Waals surface area (Å²) in [5.41, 5.74) is 2.18. The van der Waals surface area contributed by atoms with Gasteiger partial charge in [-0.3, -0.25) is 4.79 Å². The van der Waals surface area contributed by atoms with Gasteiger partial charge in [0.2, 0.25) is 0 Å². The number of hydrogen-bond donors (Lipinski definition) is 3. The number of anilines is 1. The van der Waals surface area contributed by atoms with Gasteiger partial charge in [-0.25, -0.2) is 4.39 Å². The second kappa shape index (κ2) is 9.12. The third-order valence-corrected chi connectivity index (χ3v) is 4.39. The third-order valence-electron chi connectivity index (χ3n) is 3.33. The van der Waals surface area contributed by atoms with Crippen molar-refractivity contribution in [2.45, 2.75) is 0 Å². The second-order valence-corrected chi connectivity index (χ2v) is 6.19. The van der Waals surface area contributed by atoms with Crippen molar-refractivity contribution in [1.82, 2.24) is 0 Å². The molecule has 0 saturated carbocycles. The van der Waals surface area contributed by atoms with Crippen molar-refractivity contribution < 1.29 is 19.2 Å². The molecular formula is C18H17BFNO3S. The van der Waals surface area contributed by atoms with E-state index >= 15 is 0 Å². The van der Waals surface area contributed by atoms with E-state index in [0.29, 0.717) is 10.3 Å². The molecule has 1 heterocycles. The normalized spacial score (nSPS) is 9.76. The fourth-order valence-corrected chi connectivity index (χ4v) is 2.89. The average Bonchev–Trinajstić information content (AvgIpc) is 3.11. The lowest BCUT2D eigenvalue weighted by Crippen LogP contribution is -2.29. The van der Waals surface area contributed by atoms with Gasteiger partial charge < -0.3 is 15.4 Å². The summed E-state index contributed by atoms with van der Waals surface area (Å²) in [6, 6.07) is 16.9. The first kappa shape index (κ1) is 18.9. The maximum atomic E-state index is 12.9. The van der Waals surface area contributed by atoms with Crippen molar-refractivity contribution in [3.63, 3.8) is 0 Å². The van der Waals surface area contributed by atoms with Crippen molar-refractivity contribution in [2.75, 3.05) is 12.4 Å². The van der Waals surface area contributed by atoms with Crippen LogP contribution in [0.3, 0.4) is 0 Å². The molecule has 3 rings (SSSR count). The quantitative estimate of drug-likeness (QED) is 0.496. The zero-order valence-corrected chi connectivity index (χ0v) is 14.3. The molecule has 0 amide bonds. The van der Waals surface area contributed by atoms with E-state index in [0.717, 1.165) is 22.4 Å². The molecule has 3 aromatic rings. The van der Waals surface area contributed by atoms with Gasteiger partial charge in [-0.05, 0) is 47.4 Å². The van der Waals surface area contributed by atoms with Gasteiger partial charge in [-0.2, -0.15) is 0 Å². The maximum Gasteiger partial charge on any atom is 0.488 e. The summed E-state index contributed by atoms with van der Waals surface area (Å²) in [6.45, 7) is 0. The molecular weight excluding hydrogens is 340 g/mol. The Morgan fingerprint density at radius 2 is 1.84 bits per heavy atom. The van der Waals surface area contributed by atoms with Crippen molar-refractivity contribution in [3.05, 3.63) is 71.4 Å². The summed E-state index contributed by atoms with van der Waals surface area (Å²) in [6.07, 6.45) is 0.799. The van der Waals surface area contributed by atoms with Gasteiger partial charge in [0.25, 0.3) is 0 Å². The van der Waals surface area contributed by atoms with Gasteiger partial charge in [0.1, 0.15) is 5.82 Å². The van der Waals surface area contributed by atoms with Crippen LogP contribution >= 0.6 is 11.3 Å². The van der Waals surface area contributed by atoms with Crippen molar-refractivity contribution in [1.29, 1.82) is 0 Å². The molecule has 0 aliphatic heterocycles. The molecule has 128 valence electrons. The number of benzene rings is 2. The number of aldehydes is 1. The van der Waals surface area contributed by atoms with Gasteiger partial charge >= 0.3 is 7.12 Å². The van der Waals surface area contributed by atoms with Crippen LogP contribution in [-0.2, 0) is 0 Å². The minimum Gasteiger partial charge on any atom is -0.423 e. The fourth-order valence-electron chi connectivity index (χ4n) is 2.07. The minimum absolute atomic E-state index is 0.261. The highest BCUT2D eigenvalue weighted by molar-refractivity contribution is 7.17. The predicted octanol–water partition coefficient (Wildman–Crippen LogP) is 2.77. The Bertz CT molecular complexity index is 838. The highest BCUT2D eigenvalue weighted by Gasteiger charge is 2.09. The van der Waals surface area contributed by atoms with Gasteiger partial charge in [0.05, 0.1) is 4.88 Å². The zero-order valence-electron chi connectivity index (χ0n) is 13.5. The Hall–Kier alpha value is -2.48. The molecule has 1 aromatic heterocycles. The molecule has 4 nitrogen and oxygen atoms in total. The van der Waals surface area contributed by atoms with Crippen molar-refractivity contribution >= 4 is 35.9 Å². The Morgan fingerprint density at radius 3 is 2.44 bits per heavy atom. The van der Waals surface area contributed by atoms with E-state index in [-0.39, 0.29) is 5.82 Å². The van der Waals surface area contributed by atoms with E-state index in [9.17, 15) is 9.18 Å². The lowest BCUT2D eigenvalue weighted by Gasteiger charge is -2.02. The predicted molar refractivity (Wildman–Crippen MR) is 101 cm³/mol. The Morgan fingerprint density at radius 1 is 1.08 bits per heavy atom. The topological polar surface area (TPSA) is 69.6 Å². The molecule has 0 unspecified atom stereocenters. The molecule has 0 saturated heterocycles. The third kappa shape index (κ3) is 5.53. The van der Waals surface area contributed by atoms with Crippen LogP contribution in [-0.4, -0.2) is 30.5 Å². The minimum atomic E-state index is -1.39. The van der Waals surface area contributed by atoms with Crippen LogP contribution in [0, 0.1) is 5.82 Å². The van der Waals surface area contributed by atoms with E-state index in [1.807, 2.05) is 18.2 Å². The van der Waals surface area contributed by atoms with Crippen LogP contribution in [0.4, 0.5) is 10.1 Å². The number of hydrogen-bond acceptors (Lipinski definition) is 5. The lowest BCUT2D eigenvalue weighted by molar-refractivity contribution is 0.112. The summed E-state index contributed by atoms with van der Waals surface area (Å²) in [5, 5.41) is 20.4. The number of nitrogens with one attached hydrogen (secondary N) is 1. The van der Waals surface area contributed by atoms with Gasteiger partial charge in [0.15, 0.2) is 6.29 Å². The molecule has 0 bridgehead atoms. The number of carbonyl (C=O) groups excluding carboxylic acids is 1. The first-order chi connectivity index (χ1) is 12.0. The number of halogens is 1. The molecule has 7 heteroatoms. The number of thiophene rings is 1. The van der Waals surface area contributed by atoms with E-state index in [1.54, 1.807) is 37.4 Å². The Kier molecular flexibility index (Phi) is 6.88. The molecule has 0 aliphatic carbocycles. The molecule has 0 spiro atoms. The molecule has 3 N–H and O–H groups in total. The van der Waals surface area contributed by atoms with Crippen LogP contribution in [0.2, 0.25) is 0 Å². The Labute approximate surface area is 149 Å². The maximum absolute atomic E-state index is 12.9. The monoisotopic (exact) mass is 357 g/mol. The molecule has 0 radical (unpaired) electrons. The van der Waals surface area contributed by atoms with Crippen LogP contribution in [0.15, 0.2) is 60.7 Å². The average molecular weight is 357 g/mol. The zero-order chi connectivity index (χ0) is 18.2. The van der Waals surface area contributed by atoms with Gasteiger partial charge in [-0.1, -0.05) is 24.3 Å². The standard InChI is InChI=1S/C11H7FOS.C7H10BNO2/c12-9-3-1-2-8(6-9)11-5-4-10(7-13)14-11;1-9-7-4-2-3-6(5-7)8(10)11/h1-7H;2-5,9-11H,1H3. The molecule has 0 atom stereocenters. The SMILES string of the molecule is CNc1cccc(B(O)O)c1.O=Cc1ccc(-c2cccc(F)c2)s1.